The van der Waals surface area contributed by atoms with Gasteiger partial charge in [-0.15, -0.1) is 0 Å². The van der Waals surface area contributed by atoms with Crippen LogP contribution in [0.5, 0.6) is 0 Å². The van der Waals surface area contributed by atoms with Crippen molar-refractivity contribution in [2.45, 2.75) is 40.2 Å². The molecular weight excluding hydrogens is 214 g/mol. The molecule has 4 nitrogen and oxygen atoms in total. The summed E-state index contributed by atoms with van der Waals surface area (Å²) in [5.74, 6) is 0.584. The molecule has 5 heteroatoms. The van der Waals surface area contributed by atoms with E-state index >= 15 is 0 Å². The Bertz CT molecular complexity index is 260. The van der Waals surface area contributed by atoms with Crippen molar-refractivity contribution >= 4 is 10.0 Å². The van der Waals surface area contributed by atoms with E-state index in [0.717, 1.165) is 0 Å². The first-order valence-electron chi connectivity index (χ1n) is 5.38. The molecular formula is C10H23NO3S. The Morgan fingerprint density at radius 2 is 1.67 bits per heavy atom. The van der Waals surface area contributed by atoms with Gasteiger partial charge in [0.15, 0.2) is 0 Å². The number of hydrogen-bond donors (Lipinski definition) is 2. The van der Waals surface area contributed by atoms with E-state index in [0.29, 0.717) is 12.3 Å². The highest BCUT2D eigenvalue weighted by molar-refractivity contribution is 7.89. The molecule has 0 saturated heterocycles. The van der Waals surface area contributed by atoms with Crippen LogP contribution in [-0.4, -0.2) is 31.9 Å². The number of nitrogens with one attached hydrogen (secondary N) is 1. The standard InChI is InChI=1S/C10H23NO3S/c1-8(2)5-10(12)6-11-15(13,14)7-9(3)4/h8-12H,5-7H2,1-4H3. The van der Waals surface area contributed by atoms with Crippen LogP contribution >= 0.6 is 0 Å². The lowest BCUT2D eigenvalue weighted by molar-refractivity contribution is 0.152. The van der Waals surface area contributed by atoms with Gasteiger partial charge in [-0.2, -0.15) is 0 Å². The van der Waals surface area contributed by atoms with Crippen LogP contribution in [0, 0.1) is 11.8 Å². The SMILES string of the molecule is CC(C)CC(O)CNS(=O)(=O)CC(C)C. The number of aliphatic hydroxyl groups is 1. The number of aliphatic hydroxyl groups excluding tert-OH is 1. The normalized spacial score (nSPS) is 14.9. The molecule has 15 heavy (non-hydrogen) atoms. The fourth-order valence-corrected chi connectivity index (χ4v) is 2.79. The van der Waals surface area contributed by atoms with Gasteiger partial charge in [-0.05, 0) is 18.3 Å². The molecule has 0 aliphatic carbocycles. The van der Waals surface area contributed by atoms with Gasteiger partial charge in [0.05, 0.1) is 11.9 Å². The Labute approximate surface area is 93.1 Å². The fourth-order valence-electron chi connectivity index (χ4n) is 1.35. The van der Waals surface area contributed by atoms with E-state index in [1.807, 2.05) is 27.7 Å². The molecule has 0 aliphatic heterocycles. The van der Waals surface area contributed by atoms with Gasteiger partial charge in [0.1, 0.15) is 0 Å². The maximum atomic E-state index is 11.4. The molecule has 0 heterocycles. The molecule has 0 amide bonds. The average molecular weight is 237 g/mol. The van der Waals surface area contributed by atoms with E-state index < -0.39 is 16.1 Å². The Morgan fingerprint density at radius 1 is 1.13 bits per heavy atom. The van der Waals surface area contributed by atoms with Gasteiger partial charge in [0, 0.05) is 6.54 Å². The summed E-state index contributed by atoms with van der Waals surface area (Å²) in [5.41, 5.74) is 0. The number of rotatable bonds is 7. The Morgan fingerprint density at radius 3 is 2.07 bits per heavy atom. The molecule has 0 aromatic carbocycles. The van der Waals surface area contributed by atoms with E-state index in [-0.39, 0.29) is 18.2 Å². The molecule has 1 unspecified atom stereocenters. The monoisotopic (exact) mass is 237 g/mol. The van der Waals surface area contributed by atoms with Crippen molar-refractivity contribution in [2.75, 3.05) is 12.3 Å². The summed E-state index contributed by atoms with van der Waals surface area (Å²) < 4.78 is 25.2. The van der Waals surface area contributed by atoms with Crippen molar-refractivity contribution in [3.05, 3.63) is 0 Å². The van der Waals surface area contributed by atoms with Gasteiger partial charge >= 0.3 is 0 Å². The summed E-state index contributed by atoms with van der Waals surface area (Å²) in [7, 11) is -3.22. The molecule has 0 radical (unpaired) electrons. The van der Waals surface area contributed by atoms with Crippen molar-refractivity contribution in [1.29, 1.82) is 0 Å². The third kappa shape index (κ3) is 8.84. The molecule has 0 aliphatic rings. The van der Waals surface area contributed by atoms with Crippen LogP contribution < -0.4 is 4.72 Å². The predicted octanol–water partition coefficient (Wildman–Crippen LogP) is 0.969. The molecule has 2 N–H and O–H groups in total. The highest BCUT2D eigenvalue weighted by Crippen LogP contribution is 2.04. The second-order valence-corrected chi connectivity index (χ2v) is 6.66. The van der Waals surface area contributed by atoms with E-state index in [2.05, 4.69) is 4.72 Å². The van der Waals surface area contributed by atoms with Crippen LogP contribution in [0.3, 0.4) is 0 Å². The minimum atomic E-state index is -3.22. The third-order valence-electron chi connectivity index (χ3n) is 1.84. The number of hydrogen-bond acceptors (Lipinski definition) is 3. The average Bonchev–Trinajstić information content (AvgIpc) is 1.97. The molecule has 0 aromatic heterocycles. The third-order valence-corrected chi connectivity index (χ3v) is 3.55. The molecule has 0 rings (SSSR count). The molecule has 0 fully saturated rings. The topological polar surface area (TPSA) is 66.4 Å². The summed E-state index contributed by atoms with van der Waals surface area (Å²) in [5, 5.41) is 9.49. The van der Waals surface area contributed by atoms with Gasteiger partial charge in [-0.1, -0.05) is 27.7 Å². The lowest BCUT2D eigenvalue weighted by Gasteiger charge is -2.14. The van der Waals surface area contributed by atoms with Crippen LogP contribution in [0.2, 0.25) is 0 Å². The van der Waals surface area contributed by atoms with Crippen molar-refractivity contribution in [3.63, 3.8) is 0 Å². The van der Waals surface area contributed by atoms with E-state index in [1.54, 1.807) is 0 Å². The summed E-state index contributed by atoms with van der Waals surface area (Å²) in [6, 6.07) is 0. The molecule has 92 valence electrons. The first kappa shape index (κ1) is 14.9. The van der Waals surface area contributed by atoms with Crippen molar-refractivity contribution < 1.29 is 13.5 Å². The van der Waals surface area contributed by atoms with Crippen LogP contribution in [0.1, 0.15) is 34.1 Å². The zero-order valence-corrected chi connectivity index (χ0v) is 10.8. The molecule has 0 aromatic rings. The van der Waals surface area contributed by atoms with E-state index in [1.165, 1.54) is 0 Å². The second-order valence-electron chi connectivity index (χ2n) is 4.81. The van der Waals surface area contributed by atoms with Gasteiger partial charge in [0.25, 0.3) is 0 Å². The second kappa shape index (κ2) is 6.45. The highest BCUT2D eigenvalue weighted by atomic mass is 32.2. The number of sulfonamides is 1. The van der Waals surface area contributed by atoms with Crippen LogP contribution in [-0.2, 0) is 10.0 Å². The van der Waals surface area contributed by atoms with Gasteiger partial charge in [-0.3, -0.25) is 0 Å². The van der Waals surface area contributed by atoms with Crippen molar-refractivity contribution in [3.8, 4) is 0 Å². The Kier molecular flexibility index (Phi) is 6.40. The van der Waals surface area contributed by atoms with Crippen molar-refractivity contribution in [2.24, 2.45) is 11.8 Å². The lowest BCUT2D eigenvalue weighted by atomic mass is 10.1. The van der Waals surface area contributed by atoms with Crippen molar-refractivity contribution in [1.82, 2.24) is 4.72 Å². The summed E-state index contributed by atoms with van der Waals surface area (Å²) in [4.78, 5) is 0. The Balaban J connectivity index is 3.93. The Hall–Kier alpha value is -0.130. The summed E-state index contributed by atoms with van der Waals surface area (Å²) in [6.07, 6.45) is 0.0245. The molecule has 0 saturated carbocycles. The maximum Gasteiger partial charge on any atom is 0.211 e. The molecule has 0 bridgehead atoms. The van der Waals surface area contributed by atoms with Gasteiger partial charge in [0.2, 0.25) is 10.0 Å². The maximum absolute atomic E-state index is 11.4. The van der Waals surface area contributed by atoms with Crippen LogP contribution in [0.25, 0.3) is 0 Å². The van der Waals surface area contributed by atoms with Gasteiger partial charge in [-0.25, -0.2) is 13.1 Å². The minimum Gasteiger partial charge on any atom is -0.392 e. The fraction of sp³-hybridized carbons (Fsp3) is 1.00. The smallest absolute Gasteiger partial charge is 0.211 e. The summed E-state index contributed by atoms with van der Waals surface area (Å²) in [6.45, 7) is 7.80. The van der Waals surface area contributed by atoms with E-state index in [9.17, 15) is 13.5 Å². The quantitative estimate of drug-likeness (QED) is 0.693. The first-order chi connectivity index (χ1) is 6.73. The minimum absolute atomic E-state index is 0.102. The first-order valence-corrected chi connectivity index (χ1v) is 7.03. The zero-order valence-electron chi connectivity index (χ0n) is 10.0. The highest BCUT2D eigenvalue weighted by Gasteiger charge is 2.15. The zero-order chi connectivity index (χ0) is 12.1. The molecule has 1 atom stereocenters. The van der Waals surface area contributed by atoms with E-state index in [4.69, 9.17) is 0 Å². The summed E-state index contributed by atoms with van der Waals surface area (Å²) >= 11 is 0. The van der Waals surface area contributed by atoms with Crippen LogP contribution in [0.15, 0.2) is 0 Å². The molecule has 0 spiro atoms. The predicted molar refractivity (Wildman–Crippen MR) is 62.1 cm³/mol. The lowest BCUT2D eigenvalue weighted by Crippen LogP contribution is -2.35. The van der Waals surface area contributed by atoms with Gasteiger partial charge < -0.3 is 5.11 Å². The van der Waals surface area contributed by atoms with Crippen LogP contribution in [0.4, 0.5) is 0 Å². The largest absolute Gasteiger partial charge is 0.392 e.